The van der Waals surface area contributed by atoms with Crippen molar-refractivity contribution in [3.63, 3.8) is 0 Å². The molecule has 0 fully saturated rings. The molecule has 1 N–H and O–H groups in total. The van der Waals surface area contributed by atoms with Crippen LogP contribution in [0.5, 0.6) is 0 Å². The molecule has 27 heavy (non-hydrogen) atoms. The van der Waals surface area contributed by atoms with Crippen molar-refractivity contribution in [1.82, 2.24) is 14.8 Å². The molecule has 0 saturated carbocycles. The third kappa shape index (κ3) is 3.46. The first-order chi connectivity index (χ1) is 13.2. The number of rotatable bonds is 4. The molecule has 0 aliphatic rings. The lowest BCUT2D eigenvalue weighted by atomic mass is 10.2. The van der Waals surface area contributed by atoms with Crippen LogP contribution in [0, 0.1) is 5.82 Å². The lowest BCUT2D eigenvalue weighted by Crippen LogP contribution is -2.16. The third-order valence-corrected chi connectivity index (χ3v) is 4.05. The number of anilines is 1. The molecule has 0 bridgehead atoms. The number of para-hydroxylation sites is 1. The fraction of sp³-hybridized carbons (Fsp3) is 0. The van der Waals surface area contributed by atoms with Crippen molar-refractivity contribution < 1.29 is 9.18 Å². The largest absolute Gasteiger partial charge is 0.306 e. The standard InChI is InChI=1S/C21H15FN4O/c22-18-9-5-4-8-17(18)21(27)24-20-14-19(15-10-12-23-13-11-15)25-26(20)16-6-2-1-3-7-16/h1-14H,(H,24,27). The molecular weight excluding hydrogens is 343 g/mol. The number of amides is 1. The predicted octanol–water partition coefficient (Wildman–Crippen LogP) is 4.33. The first kappa shape index (κ1) is 16.7. The number of nitrogens with zero attached hydrogens (tertiary/aromatic N) is 3. The van der Waals surface area contributed by atoms with Gasteiger partial charge in [-0.2, -0.15) is 5.10 Å². The van der Waals surface area contributed by atoms with E-state index in [9.17, 15) is 9.18 Å². The van der Waals surface area contributed by atoms with E-state index < -0.39 is 11.7 Å². The second-order valence-corrected chi connectivity index (χ2v) is 5.83. The topological polar surface area (TPSA) is 59.8 Å². The van der Waals surface area contributed by atoms with Crippen molar-refractivity contribution in [3.8, 4) is 16.9 Å². The maximum absolute atomic E-state index is 13.9. The van der Waals surface area contributed by atoms with Crippen molar-refractivity contribution in [2.24, 2.45) is 0 Å². The number of benzene rings is 2. The van der Waals surface area contributed by atoms with E-state index in [0.29, 0.717) is 11.5 Å². The number of hydrogen-bond acceptors (Lipinski definition) is 3. The summed E-state index contributed by atoms with van der Waals surface area (Å²) in [6.45, 7) is 0. The Bertz CT molecular complexity index is 1080. The summed E-state index contributed by atoms with van der Waals surface area (Å²) in [5.74, 6) is -0.664. The summed E-state index contributed by atoms with van der Waals surface area (Å²) in [6.07, 6.45) is 3.35. The lowest BCUT2D eigenvalue weighted by molar-refractivity contribution is 0.102. The van der Waals surface area contributed by atoms with E-state index in [-0.39, 0.29) is 5.56 Å². The van der Waals surface area contributed by atoms with Gasteiger partial charge in [0, 0.05) is 24.0 Å². The Morgan fingerprint density at radius 2 is 1.63 bits per heavy atom. The van der Waals surface area contributed by atoms with Gasteiger partial charge in [0.05, 0.1) is 16.9 Å². The van der Waals surface area contributed by atoms with E-state index in [4.69, 9.17) is 0 Å². The highest BCUT2D eigenvalue weighted by molar-refractivity contribution is 6.04. The Morgan fingerprint density at radius 3 is 2.37 bits per heavy atom. The van der Waals surface area contributed by atoms with Gasteiger partial charge in [0.25, 0.3) is 5.91 Å². The summed E-state index contributed by atoms with van der Waals surface area (Å²) in [6, 6.07) is 20.7. The Morgan fingerprint density at radius 1 is 0.926 bits per heavy atom. The van der Waals surface area contributed by atoms with Gasteiger partial charge in [0.15, 0.2) is 0 Å². The highest BCUT2D eigenvalue weighted by atomic mass is 19.1. The van der Waals surface area contributed by atoms with Crippen LogP contribution in [0.25, 0.3) is 16.9 Å². The van der Waals surface area contributed by atoms with E-state index in [1.807, 2.05) is 42.5 Å². The zero-order valence-corrected chi connectivity index (χ0v) is 14.2. The average Bonchev–Trinajstić information content (AvgIpc) is 3.13. The molecule has 5 nitrogen and oxygen atoms in total. The smallest absolute Gasteiger partial charge is 0.259 e. The summed E-state index contributed by atoms with van der Waals surface area (Å²) < 4.78 is 15.6. The Kier molecular flexibility index (Phi) is 4.45. The fourth-order valence-electron chi connectivity index (χ4n) is 2.73. The first-order valence-electron chi connectivity index (χ1n) is 8.34. The van der Waals surface area contributed by atoms with Crippen LogP contribution in [0.4, 0.5) is 10.2 Å². The van der Waals surface area contributed by atoms with Crippen LogP contribution in [-0.4, -0.2) is 20.7 Å². The van der Waals surface area contributed by atoms with Gasteiger partial charge in [-0.25, -0.2) is 9.07 Å². The van der Waals surface area contributed by atoms with Crippen molar-refractivity contribution in [2.75, 3.05) is 5.32 Å². The van der Waals surface area contributed by atoms with Gasteiger partial charge in [-0.1, -0.05) is 30.3 Å². The van der Waals surface area contributed by atoms with Crippen LogP contribution >= 0.6 is 0 Å². The lowest BCUT2D eigenvalue weighted by Gasteiger charge is -2.09. The molecule has 0 saturated heterocycles. The van der Waals surface area contributed by atoms with Crippen LogP contribution in [0.3, 0.4) is 0 Å². The average molecular weight is 358 g/mol. The van der Waals surface area contributed by atoms with Crippen molar-refractivity contribution in [3.05, 3.63) is 96.6 Å². The fourth-order valence-corrected chi connectivity index (χ4v) is 2.73. The normalized spacial score (nSPS) is 10.6. The van der Waals surface area contributed by atoms with Gasteiger partial charge in [0.1, 0.15) is 11.6 Å². The molecule has 0 atom stereocenters. The van der Waals surface area contributed by atoms with E-state index in [1.165, 1.54) is 12.1 Å². The molecule has 4 aromatic rings. The summed E-state index contributed by atoms with van der Waals surface area (Å²) in [4.78, 5) is 16.6. The molecule has 132 valence electrons. The zero-order chi connectivity index (χ0) is 18.6. The van der Waals surface area contributed by atoms with Gasteiger partial charge in [-0.15, -0.1) is 0 Å². The molecule has 0 aliphatic carbocycles. The van der Waals surface area contributed by atoms with Crippen LogP contribution in [0.15, 0.2) is 85.2 Å². The minimum Gasteiger partial charge on any atom is -0.306 e. The highest BCUT2D eigenvalue weighted by Crippen LogP contribution is 2.25. The monoisotopic (exact) mass is 358 g/mol. The predicted molar refractivity (Wildman–Crippen MR) is 101 cm³/mol. The number of carbonyl (C=O) groups is 1. The molecular formula is C21H15FN4O. The zero-order valence-electron chi connectivity index (χ0n) is 14.2. The molecule has 2 aromatic heterocycles. The first-order valence-corrected chi connectivity index (χ1v) is 8.34. The van der Waals surface area contributed by atoms with Gasteiger partial charge >= 0.3 is 0 Å². The van der Waals surface area contributed by atoms with E-state index >= 15 is 0 Å². The van der Waals surface area contributed by atoms with E-state index in [0.717, 1.165) is 11.3 Å². The quantitative estimate of drug-likeness (QED) is 0.591. The number of carbonyl (C=O) groups excluding carboxylic acids is 1. The number of pyridine rings is 1. The maximum atomic E-state index is 13.9. The van der Waals surface area contributed by atoms with Crippen LogP contribution in [0.1, 0.15) is 10.4 Å². The van der Waals surface area contributed by atoms with Gasteiger partial charge < -0.3 is 5.32 Å². The second kappa shape index (κ2) is 7.21. The summed E-state index contributed by atoms with van der Waals surface area (Å²) in [5, 5.41) is 7.36. The van der Waals surface area contributed by atoms with Crippen LogP contribution in [-0.2, 0) is 0 Å². The molecule has 0 aliphatic heterocycles. The van der Waals surface area contributed by atoms with Crippen LogP contribution < -0.4 is 5.32 Å². The van der Waals surface area contributed by atoms with Gasteiger partial charge in [0.2, 0.25) is 0 Å². The summed E-state index contributed by atoms with van der Waals surface area (Å²) in [5.41, 5.74) is 2.29. The Hall–Kier alpha value is -3.80. The van der Waals surface area contributed by atoms with E-state index in [1.54, 1.807) is 35.3 Å². The van der Waals surface area contributed by atoms with Gasteiger partial charge in [-0.05, 0) is 36.4 Å². The minimum atomic E-state index is -0.574. The van der Waals surface area contributed by atoms with E-state index in [2.05, 4.69) is 15.4 Å². The van der Waals surface area contributed by atoms with Crippen molar-refractivity contribution >= 4 is 11.7 Å². The van der Waals surface area contributed by atoms with Gasteiger partial charge in [-0.3, -0.25) is 9.78 Å². The number of aromatic nitrogens is 3. The molecule has 0 unspecified atom stereocenters. The third-order valence-electron chi connectivity index (χ3n) is 4.05. The number of halogens is 1. The molecule has 0 spiro atoms. The Labute approximate surface area is 155 Å². The number of hydrogen-bond donors (Lipinski definition) is 1. The van der Waals surface area contributed by atoms with Crippen molar-refractivity contribution in [2.45, 2.75) is 0 Å². The summed E-state index contributed by atoms with van der Waals surface area (Å²) >= 11 is 0. The number of nitrogens with one attached hydrogen (secondary N) is 1. The Balaban J connectivity index is 1.76. The minimum absolute atomic E-state index is 0.0243. The maximum Gasteiger partial charge on any atom is 0.259 e. The molecule has 2 aromatic carbocycles. The molecule has 1 amide bonds. The molecule has 4 rings (SSSR count). The van der Waals surface area contributed by atoms with Crippen molar-refractivity contribution in [1.29, 1.82) is 0 Å². The molecule has 0 radical (unpaired) electrons. The SMILES string of the molecule is O=C(Nc1cc(-c2ccncc2)nn1-c1ccccc1)c1ccccc1F. The molecule has 6 heteroatoms. The second-order valence-electron chi connectivity index (χ2n) is 5.83. The van der Waals surface area contributed by atoms with Crippen LogP contribution in [0.2, 0.25) is 0 Å². The summed E-state index contributed by atoms with van der Waals surface area (Å²) in [7, 11) is 0. The molecule has 2 heterocycles. The highest BCUT2D eigenvalue weighted by Gasteiger charge is 2.16.